The number of aromatic nitrogens is 3. The maximum atomic E-state index is 13.1. The molecule has 30 heavy (non-hydrogen) atoms. The number of aryl methyl sites for hydroxylation is 1. The minimum absolute atomic E-state index is 0.143. The van der Waals surface area contributed by atoms with Gasteiger partial charge in [-0.3, -0.25) is 4.79 Å². The number of nitrogens with one attached hydrogen (secondary N) is 1. The molecule has 4 heterocycles. The lowest BCUT2D eigenvalue weighted by atomic mass is 10.0. The first-order chi connectivity index (χ1) is 14.7. The Morgan fingerprint density at radius 2 is 1.93 bits per heavy atom. The van der Waals surface area contributed by atoms with Crippen molar-refractivity contribution in [1.29, 1.82) is 0 Å². The number of benzene rings is 1. The van der Waals surface area contributed by atoms with Gasteiger partial charge in [0.25, 0.3) is 5.56 Å². The lowest BCUT2D eigenvalue weighted by molar-refractivity contribution is 0.362. The second-order valence-electron chi connectivity index (χ2n) is 8.60. The fourth-order valence-corrected chi connectivity index (χ4v) is 5.84. The molecule has 1 N–H and O–H groups in total. The number of piperidine rings is 1. The maximum absolute atomic E-state index is 13.1. The summed E-state index contributed by atoms with van der Waals surface area (Å²) in [5.41, 5.74) is 2.64. The van der Waals surface area contributed by atoms with Gasteiger partial charge in [-0.15, -0.1) is 11.3 Å². The van der Waals surface area contributed by atoms with E-state index in [4.69, 9.17) is 4.98 Å². The van der Waals surface area contributed by atoms with Crippen molar-refractivity contribution >= 4 is 32.3 Å². The van der Waals surface area contributed by atoms with E-state index in [-0.39, 0.29) is 5.56 Å². The van der Waals surface area contributed by atoms with Crippen LogP contribution in [0.3, 0.4) is 0 Å². The topological polar surface area (TPSA) is 59.8 Å². The molecule has 1 aliphatic heterocycles. The number of thiophene rings is 1. The van der Waals surface area contributed by atoms with Gasteiger partial charge in [-0.05, 0) is 79.7 Å². The molecule has 6 heteroatoms. The Kier molecular flexibility index (Phi) is 4.25. The average molecular weight is 417 g/mol. The van der Waals surface area contributed by atoms with Crippen LogP contribution in [0.4, 0.5) is 0 Å². The van der Waals surface area contributed by atoms with E-state index in [1.54, 1.807) is 11.3 Å². The molecule has 1 saturated carbocycles. The summed E-state index contributed by atoms with van der Waals surface area (Å²) in [7, 11) is 0. The fraction of sp³-hybridized carbons (Fsp3) is 0.375. The van der Waals surface area contributed by atoms with Gasteiger partial charge in [0.05, 0.1) is 5.69 Å². The van der Waals surface area contributed by atoms with E-state index in [1.807, 2.05) is 23.8 Å². The van der Waals surface area contributed by atoms with Crippen LogP contribution in [0.1, 0.15) is 54.2 Å². The number of hydrogen-bond acceptors (Lipinski definition) is 5. The van der Waals surface area contributed by atoms with Crippen molar-refractivity contribution in [3.63, 3.8) is 0 Å². The van der Waals surface area contributed by atoms with Gasteiger partial charge < -0.3 is 9.88 Å². The number of rotatable bonds is 3. The molecular weight excluding hydrogens is 392 g/mol. The molecule has 152 valence electrons. The molecule has 4 aromatic rings. The summed E-state index contributed by atoms with van der Waals surface area (Å²) in [6.07, 6.45) is 5.14. The van der Waals surface area contributed by atoms with Gasteiger partial charge in [0, 0.05) is 28.9 Å². The Balaban J connectivity index is 1.33. The number of nitrogens with zero attached hydrogens (tertiary/aromatic N) is 3. The molecular formula is C24H24N4OS. The van der Waals surface area contributed by atoms with Gasteiger partial charge in [-0.2, -0.15) is 0 Å². The largest absolute Gasteiger partial charge is 0.317 e. The zero-order chi connectivity index (χ0) is 20.2. The summed E-state index contributed by atoms with van der Waals surface area (Å²) >= 11 is 1.68. The summed E-state index contributed by atoms with van der Waals surface area (Å²) < 4.78 is 1.94. The number of hydrogen-bond donors (Lipinski definition) is 1. The van der Waals surface area contributed by atoms with Gasteiger partial charge in [0.1, 0.15) is 10.7 Å². The van der Waals surface area contributed by atoms with E-state index in [1.165, 1.54) is 16.6 Å². The number of pyridine rings is 1. The van der Waals surface area contributed by atoms with Crippen LogP contribution in [0.2, 0.25) is 0 Å². The predicted octanol–water partition coefficient (Wildman–Crippen LogP) is 4.51. The van der Waals surface area contributed by atoms with Crippen molar-refractivity contribution in [2.75, 3.05) is 13.1 Å². The third kappa shape index (κ3) is 2.97. The highest BCUT2D eigenvalue weighted by Crippen LogP contribution is 2.55. The third-order valence-electron chi connectivity index (χ3n) is 6.69. The third-order valence-corrected chi connectivity index (χ3v) is 7.50. The van der Waals surface area contributed by atoms with Crippen molar-refractivity contribution in [2.24, 2.45) is 0 Å². The van der Waals surface area contributed by atoms with Crippen LogP contribution in [0, 0.1) is 6.92 Å². The smallest absolute Gasteiger partial charge is 0.258 e. The Labute approximate surface area is 178 Å². The molecule has 0 bridgehead atoms. The molecule has 0 radical (unpaired) electrons. The van der Waals surface area contributed by atoms with Crippen LogP contribution >= 0.6 is 11.3 Å². The van der Waals surface area contributed by atoms with E-state index in [0.29, 0.717) is 17.9 Å². The van der Waals surface area contributed by atoms with Crippen molar-refractivity contribution < 1.29 is 0 Å². The highest BCUT2D eigenvalue weighted by atomic mass is 32.1. The van der Waals surface area contributed by atoms with Gasteiger partial charge >= 0.3 is 0 Å². The Morgan fingerprint density at radius 1 is 1.07 bits per heavy atom. The monoisotopic (exact) mass is 416 g/mol. The van der Waals surface area contributed by atoms with Crippen LogP contribution < -0.4 is 10.9 Å². The molecule has 1 aliphatic carbocycles. The second-order valence-corrected chi connectivity index (χ2v) is 9.49. The van der Waals surface area contributed by atoms with Crippen molar-refractivity contribution in [1.82, 2.24) is 19.9 Å². The molecule has 2 aliphatic rings. The minimum Gasteiger partial charge on any atom is -0.317 e. The van der Waals surface area contributed by atoms with Gasteiger partial charge in [0.2, 0.25) is 0 Å². The molecule has 2 fully saturated rings. The first kappa shape index (κ1) is 18.2. The Morgan fingerprint density at radius 3 is 2.80 bits per heavy atom. The highest BCUT2D eigenvalue weighted by molar-refractivity contribution is 7.16. The summed E-state index contributed by atoms with van der Waals surface area (Å²) in [5.74, 6) is 1.76. The first-order valence-electron chi connectivity index (χ1n) is 10.8. The molecule has 5 nitrogen and oxygen atoms in total. The summed E-state index contributed by atoms with van der Waals surface area (Å²) in [4.78, 5) is 23.5. The van der Waals surface area contributed by atoms with Crippen LogP contribution in [0.5, 0.6) is 0 Å². The summed E-state index contributed by atoms with van der Waals surface area (Å²) in [6, 6.07) is 11.0. The molecule has 2 unspecified atom stereocenters. The minimum atomic E-state index is 0.143. The van der Waals surface area contributed by atoms with E-state index < -0.39 is 0 Å². The lowest BCUT2D eigenvalue weighted by Gasteiger charge is -2.25. The molecule has 1 saturated heterocycles. The molecule has 0 amide bonds. The summed E-state index contributed by atoms with van der Waals surface area (Å²) in [6.45, 7) is 3.94. The highest BCUT2D eigenvalue weighted by Gasteiger charge is 2.42. The molecule has 2 atom stereocenters. The fourth-order valence-electron chi connectivity index (χ4n) is 5.02. The van der Waals surface area contributed by atoms with Gasteiger partial charge in [0.15, 0.2) is 0 Å². The van der Waals surface area contributed by atoms with Gasteiger partial charge in [-0.25, -0.2) is 9.97 Å². The van der Waals surface area contributed by atoms with Crippen LogP contribution in [-0.4, -0.2) is 27.6 Å². The zero-order valence-corrected chi connectivity index (χ0v) is 17.8. The zero-order valence-electron chi connectivity index (χ0n) is 17.0. The van der Waals surface area contributed by atoms with Crippen LogP contribution in [0.25, 0.3) is 21.0 Å². The standard InChI is InChI=1S/C24H24N4OS/c1-14-26-22(19-7-11-30-23(19)27-14)21-13-20(21)15-2-3-18-16(12-15)6-10-28(24(18)29)17-4-8-25-9-5-17/h2-3,6-7,10-12,17,20-21,25H,4-5,8-9,13H2,1H3. The quantitative estimate of drug-likeness (QED) is 0.534. The molecule has 0 spiro atoms. The van der Waals surface area contributed by atoms with E-state index in [0.717, 1.165) is 53.8 Å². The van der Waals surface area contributed by atoms with Crippen molar-refractivity contribution in [2.45, 2.75) is 44.1 Å². The van der Waals surface area contributed by atoms with Crippen LogP contribution in [-0.2, 0) is 0 Å². The Bertz CT molecular complexity index is 1320. The van der Waals surface area contributed by atoms with Crippen molar-refractivity contribution in [3.8, 4) is 0 Å². The van der Waals surface area contributed by atoms with Gasteiger partial charge in [-0.1, -0.05) is 12.1 Å². The SMILES string of the molecule is Cc1nc(C2CC2c2ccc3c(=O)n(C4CCNCC4)ccc3c2)c2ccsc2n1. The van der Waals surface area contributed by atoms with E-state index in [9.17, 15) is 4.79 Å². The average Bonchev–Trinajstić information content (AvgIpc) is 3.43. The van der Waals surface area contributed by atoms with E-state index in [2.05, 4.69) is 39.9 Å². The predicted molar refractivity (Wildman–Crippen MR) is 122 cm³/mol. The number of fused-ring (bicyclic) bond motifs is 2. The van der Waals surface area contributed by atoms with E-state index >= 15 is 0 Å². The normalized spacial score (nSPS) is 22.0. The van der Waals surface area contributed by atoms with Crippen LogP contribution in [0.15, 0.2) is 46.7 Å². The molecule has 6 rings (SSSR count). The Hall–Kier alpha value is -2.57. The van der Waals surface area contributed by atoms with Crippen molar-refractivity contribution in [3.05, 3.63) is 69.3 Å². The lowest BCUT2D eigenvalue weighted by Crippen LogP contribution is -2.34. The first-order valence-corrected chi connectivity index (χ1v) is 11.6. The molecule has 3 aromatic heterocycles. The maximum Gasteiger partial charge on any atom is 0.258 e. The second kappa shape index (κ2) is 7.00. The molecule has 1 aromatic carbocycles. The summed E-state index contributed by atoms with van der Waals surface area (Å²) in [5, 5.41) is 8.55.